The van der Waals surface area contributed by atoms with Crippen LogP contribution in [0.3, 0.4) is 0 Å². The molecule has 90 heavy (non-hydrogen) atoms. The first-order valence-corrected chi connectivity index (χ1v) is 30.4. The van der Waals surface area contributed by atoms with Gasteiger partial charge in [-0.25, -0.2) is 4.79 Å². The summed E-state index contributed by atoms with van der Waals surface area (Å²) in [5.41, 5.74) is 23.4. The van der Waals surface area contributed by atoms with Gasteiger partial charge in [0, 0.05) is 18.6 Å². The van der Waals surface area contributed by atoms with Gasteiger partial charge < -0.3 is 96.5 Å². The van der Waals surface area contributed by atoms with Crippen molar-refractivity contribution in [1.29, 1.82) is 0 Å². The third-order valence-corrected chi connectivity index (χ3v) is 14.3. The molecule has 11 amide bonds. The number of amides is 11. The second-order valence-electron chi connectivity index (χ2n) is 22.7. The highest BCUT2D eigenvalue weighted by Gasteiger charge is 2.37. The highest BCUT2D eigenvalue weighted by Crippen LogP contribution is 2.15. The molecule has 0 heterocycles. The lowest BCUT2D eigenvalue weighted by Gasteiger charge is -2.28. The largest absolute Gasteiger partial charge is 0.508 e. The van der Waals surface area contributed by atoms with Crippen molar-refractivity contribution in [3.8, 4) is 5.75 Å². The number of aromatic hydroxyl groups is 1. The summed E-state index contributed by atoms with van der Waals surface area (Å²) in [7, 11) is 0. The Labute approximate surface area is 527 Å². The van der Waals surface area contributed by atoms with Crippen molar-refractivity contribution in [2.24, 2.45) is 40.7 Å². The summed E-state index contributed by atoms with van der Waals surface area (Å²) in [5.74, 6) is -16.9. The number of primary amides is 1. The van der Waals surface area contributed by atoms with Crippen molar-refractivity contribution < 1.29 is 87.5 Å². The Bertz CT molecular complexity index is 2600. The van der Waals surface area contributed by atoms with Crippen LogP contribution < -0.4 is 76.1 Å². The maximum atomic E-state index is 14.2. The number of aliphatic carboxylic acids is 3. The molecular formula is C57H94N14O18S. The fourth-order valence-corrected chi connectivity index (χ4v) is 9.00. The van der Waals surface area contributed by atoms with Gasteiger partial charge in [-0.3, -0.25) is 62.3 Å². The number of hydrogen-bond acceptors (Lipinski definition) is 19. The molecule has 0 aliphatic heterocycles. The van der Waals surface area contributed by atoms with Crippen molar-refractivity contribution in [1.82, 2.24) is 53.2 Å². The van der Waals surface area contributed by atoms with Crippen LogP contribution in [-0.2, 0) is 73.5 Å². The van der Waals surface area contributed by atoms with E-state index in [9.17, 15) is 87.5 Å². The predicted octanol–water partition coefficient (Wildman–Crippen LogP) is -3.63. The summed E-state index contributed by atoms with van der Waals surface area (Å²) in [6.45, 7) is 9.95. The van der Waals surface area contributed by atoms with E-state index >= 15 is 0 Å². The van der Waals surface area contributed by atoms with E-state index in [1.807, 2.05) is 6.92 Å². The number of thiol groups is 1. The number of hydrogen-bond donors (Lipinski definition) is 19. The highest BCUT2D eigenvalue weighted by molar-refractivity contribution is 7.80. The number of phenolic OH excluding ortho intramolecular Hbond substituents is 1. The van der Waals surface area contributed by atoms with E-state index in [0.717, 1.165) is 0 Å². The molecule has 0 aromatic heterocycles. The first kappa shape index (κ1) is 79.8. The van der Waals surface area contributed by atoms with E-state index in [2.05, 4.69) is 65.8 Å². The first-order valence-electron chi connectivity index (χ1n) is 29.8. The zero-order valence-electron chi connectivity index (χ0n) is 51.8. The first-order chi connectivity index (χ1) is 42.3. The van der Waals surface area contributed by atoms with Gasteiger partial charge in [0.15, 0.2) is 0 Å². The fourth-order valence-electron chi connectivity index (χ4n) is 8.74. The fraction of sp³-hybridized carbons (Fsp3) is 0.649. The molecule has 32 nitrogen and oxygen atoms in total. The van der Waals surface area contributed by atoms with Gasteiger partial charge in [-0.05, 0) is 106 Å². The monoisotopic (exact) mass is 1290 g/mol. The normalized spacial score (nSPS) is 14.8. The van der Waals surface area contributed by atoms with E-state index in [4.69, 9.17) is 22.9 Å². The Balaban J connectivity index is 3.40. The molecule has 0 saturated heterocycles. The van der Waals surface area contributed by atoms with Gasteiger partial charge in [0.05, 0.1) is 25.4 Å². The number of rotatable bonds is 45. The van der Waals surface area contributed by atoms with Gasteiger partial charge in [-0.1, -0.05) is 60.1 Å². The summed E-state index contributed by atoms with van der Waals surface area (Å²) in [6, 6.07) is -9.51. The Morgan fingerprint density at radius 1 is 0.489 bits per heavy atom. The number of nitrogens with two attached hydrogens (primary N) is 4. The van der Waals surface area contributed by atoms with Crippen LogP contribution in [0.2, 0.25) is 0 Å². The Morgan fingerprint density at radius 2 is 0.889 bits per heavy atom. The Kier molecular flexibility index (Phi) is 37.2. The van der Waals surface area contributed by atoms with Crippen molar-refractivity contribution >= 4 is 95.5 Å². The van der Waals surface area contributed by atoms with Gasteiger partial charge in [-0.2, -0.15) is 12.6 Å². The third kappa shape index (κ3) is 31.3. The number of carbonyl (C=O) groups is 14. The molecule has 22 N–H and O–H groups in total. The Morgan fingerprint density at radius 3 is 1.31 bits per heavy atom. The second-order valence-corrected chi connectivity index (χ2v) is 23.0. The molecule has 1 aromatic carbocycles. The average Bonchev–Trinajstić information content (AvgIpc) is 1.96. The minimum absolute atomic E-state index is 0.0392. The molecule has 0 spiro atoms. The summed E-state index contributed by atoms with van der Waals surface area (Å²) < 4.78 is 0. The molecule has 0 aliphatic carbocycles. The van der Waals surface area contributed by atoms with Crippen LogP contribution in [0, 0.1) is 17.8 Å². The van der Waals surface area contributed by atoms with Crippen LogP contribution in [0.1, 0.15) is 131 Å². The lowest BCUT2D eigenvalue weighted by molar-refractivity contribution is -0.142. The van der Waals surface area contributed by atoms with E-state index in [1.54, 1.807) is 34.6 Å². The van der Waals surface area contributed by atoms with E-state index in [0.29, 0.717) is 31.2 Å². The van der Waals surface area contributed by atoms with Gasteiger partial charge in [0.25, 0.3) is 0 Å². The third-order valence-electron chi connectivity index (χ3n) is 14.0. The number of phenols is 1. The van der Waals surface area contributed by atoms with Crippen LogP contribution in [0.5, 0.6) is 5.75 Å². The maximum absolute atomic E-state index is 14.2. The number of unbranched alkanes of at least 4 members (excludes halogenated alkanes) is 2. The van der Waals surface area contributed by atoms with E-state index in [-0.39, 0.29) is 75.1 Å². The molecule has 0 radical (unpaired) electrons. The Hall–Kier alpha value is -8.17. The summed E-state index contributed by atoms with van der Waals surface area (Å²) >= 11 is 4.12. The average molecular weight is 1300 g/mol. The van der Waals surface area contributed by atoms with Crippen molar-refractivity contribution in [2.75, 3.05) is 25.4 Å². The molecule has 0 fully saturated rings. The lowest BCUT2D eigenvalue weighted by atomic mass is 9.98. The van der Waals surface area contributed by atoms with E-state index < -0.39 is 181 Å². The molecule has 0 unspecified atom stereocenters. The van der Waals surface area contributed by atoms with Gasteiger partial charge in [0.1, 0.15) is 60.1 Å². The number of benzene rings is 1. The van der Waals surface area contributed by atoms with Gasteiger partial charge in [0.2, 0.25) is 65.0 Å². The van der Waals surface area contributed by atoms with Crippen molar-refractivity contribution in [2.45, 2.75) is 192 Å². The molecule has 11 atom stereocenters. The van der Waals surface area contributed by atoms with Crippen LogP contribution >= 0.6 is 12.6 Å². The standard InChI is InChI=1S/C57H94N14O18S/c1-7-31(6)47(61)56(87)66-35(13-9-11-21-59)49(80)65-36(18-19-45(75)76)51(82)68-39(25-43(60)73)54(85)67-38(23-30(4)5)53(84)64-34(12-8-10-20-58)50(81)69-40(26-46(77)78)55(86)71-42(28-90)48(79)62-27-44(74)63-37(22-29(2)3)52(83)70-41(57(88)89)24-32-14-16-33(72)17-15-32/h14-17,29-31,34-42,47,72,90H,7-13,18-28,58-59,61H2,1-6H3,(H2,60,73)(H,62,79)(H,63,74)(H,64,84)(H,65,80)(H,66,87)(H,67,85)(H,68,82)(H,69,81)(H,70,83)(H,71,86)(H,75,76)(H,77,78)(H,88,89)/t31-,34-,35-,36-,37-,38-,39-,40-,41-,42-,47-/m0/s1. The topological polar surface area (TPSA) is 544 Å². The van der Waals surface area contributed by atoms with Crippen molar-refractivity contribution in [3.05, 3.63) is 29.8 Å². The van der Waals surface area contributed by atoms with Crippen LogP contribution in [0.25, 0.3) is 0 Å². The van der Waals surface area contributed by atoms with Gasteiger partial charge >= 0.3 is 17.9 Å². The summed E-state index contributed by atoms with van der Waals surface area (Å²) in [4.78, 5) is 185. The minimum Gasteiger partial charge on any atom is -0.508 e. The summed E-state index contributed by atoms with van der Waals surface area (Å²) in [5, 5.41) is 62.7. The molecule has 1 aromatic rings. The molecule has 0 aliphatic rings. The quantitative estimate of drug-likeness (QED) is 0.0221. The summed E-state index contributed by atoms with van der Waals surface area (Å²) in [6.07, 6.45) is -1.78. The lowest BCUT2D eigenvalue weighted by Crippen LogP contribution is -2.61. The van der Waals surface area contributed by atoms with Crippen LogP contribution in [0.15, 0.2) is 24.3 Å². The highest BCUT2D eigenvalue weighted by atomic mass is 32.1. The van der Waals surface area contributed by atoms with Crippen LogP contribution in [0.4, 0.5) is 0 Å². The minimum atomic E-state index is -1.93. The maximum Gasteiger partial charge on any atom is 0.326 e. The SMILES string of the molecule is CC[C@H](C)[C@H](N)C(=O)N[C@@H](CCCCN)C(=O)N[C@@H](CCC(=O)O)C(=O)N[C@@H](CC(N)=O)C(=O)N[C@@H](CC(C)C)C(=O)N[C@@H](CCCCN)C(=O)N[C@@H](CC(=O)O)C(=O)N[C@@H](CS)C(=O)NCC(=O)N[C@@H](CC(C)C)C(=O)N[C@@H](Cc1ccc(O)cc1)C(=O)O. The molecule has 33 heteroatoms. The van der Waals surface area contributed by atoms with Crippen molar-refractivity contribution in [3.63, 3.8) is 0 Å². The van der Waals surface area contributed by atoms with Crippen LogP contribution in [-0.4, -0.2) is 189 Å². The van der Waals surface area contributed by atoms with Gasteiger partial charge in [-0.15, -0.1) is 0 Å². The van der Waals surface area contributed by atoms with E-state index in [1.165, 1.54) is 24.3 Å². The zero-order chi connectivity index (χ0) is 68.4. The smallest absolute Gasteiger partial charge is 0.326 e. The molecule has 0 bridgehead atoms. The predicted molar refractivity (Wildman–Crippen MR) is 329 cm³/mol. The zero-order valence-corrected chi connectivity index (χ0v) is 52.7. The molecule has 1 rings (SSSR count). The number of carbonyl (C=O) groups excluding carboxylic acids is 11. The molecular weight excluding hydrogens is 1200 g/mol. The number of carboxylic acids is 3. The molecule has 506 valence electrons. The molecule has 0 saturated carbocycles. The number of carboxylic acid groups (broad SMARTS) is 3. The second kappa shape index (κ2) is 41.9. The number of nitrogens with one attached hydrogen (secondary N) is 10.